The van der Waals surface area contributed by atoms with E-state index < -0.39 is 0 Å². The first-order chi connectivity index (χ1) is 15.1. The van der Waals surface area contributed by atoms with Crippen molar-refractivity contribution in [3.8, 4) is 0 Å². The Kier molecular flexibility index (Phi) is 7.93. The number of nitrogens with zero attached hydrogens (tertiary/aromatic N) is 1. The molecule has 6 heteroatoms. The second-order valence-corrected chi connectivity index (χ2v) is 7.98. The Balaban J connectivity index is 1.71. The largest absolute Gasteiger partial charge is 0.381 e. The molecule has 0 radical (unpaired) electrons. The summed E-state index contributed by atoms with van der Waals surface area (Å²) in [6.45, 7) is 5.36. The fourth-order valence-electron chi connectivity index (χ4n) is 4.49. The van der Waals surface area contributed by atoms with Crippen molar-refractivity contribution in [2.45, 2.75) is 51.2 Å². The smallest absolute Gasteiger partial charge is 0.224 e. The summed E-state index contributed by atoms with van der Waals surface area (Å²) in [5.41, 5.74) is 4.16. The molecule has 0 spiro atoms. The zero-order valence-corrected chi connectivity index (χ0v) is 19.1. The van der Waals surface area contributed by atoms with Gasteiger partial charge in [0.25, 0.3) is 0 Å². The van der Waals surface area contributed by atoms with Gasteiger partial charge in [-0.3, -0.25) is 4.79 Å². The molecule has 0 fully saturated rings. The number of carbonyl (C=O) groups excluding carboxylic acids is 1. The lowest BCUT2D eigenvalue weighted by Crippen LogP contribution is -2.49. The highest BCUT2D eigenvalue weighted by atomic mass is 16.5. The zero-order chi connectivity index (χ0) is 22.3. The van der Waals surface area contributed by atoms with Crippen LogP contribution in [-0.2, 0) is 19.8 Å². The van der Waals surface area contributed by atoms with Gasteiger partial charge in [0.05, 0.1) is 36.1 Å². The summed E-state index contributed by atoms with van der Waals surface area (Å²) in [6.07, 6.45) is 15.2. The van der Waals surface area contributed by atoms with E-state index in [9.17, 15) is 4.79 Å². The molecule has 1 amide bonds. The monoisotopic (exact) mass is 425 g/mol. The van der Waals surface area contributed by atoms with Crippen LogP contribution >= 0.6 is 0 Å². The molecule has 1 aromatic rings. The van der Waals surface area contributed by atoms with Gasteiger partial charge in [-0.25, -0.2) is 0 Å². The first kappa shape index (κ1) is 23.1. The fourth-order valence-corrected chi connectivity index (χ4v) is 4.49. The van der Waals surface area contributed by atoms with Crippen LogP contribution in [0, 0.1) is 0 Å². The highest BCUT2D eigenvalue weighted by molar-refractivity contribution is 5.79. The third kappa shape index (κ3) is 5.02. The molecule has 1 aromatic heterocycles. The lowest BCUT2D eigenvalue weighted by molar-refractivity contribution is -0.120. The lowest BCUT2D eigenvalue weighted by atomic mass is 9.85. The molecule has 2 atom stereocenters. The van der Waals surface area contributed by atoms with E-state index >= 15 is 0 Å². The van der Waals surface area contributed by atoms with Crippen LogP contribution in [0.25, 0.3) is 5.70 Å². The second-order valence-electron chi connectivity index (χ2n) is 7.98. The van der Waals surface area contributed by atoms with E-state index in [0.717, 1.165) is 36.2 Å². The maximum atomic E-state index is 12.6. The molecule has 31 heavy (non-hydrogen) atoms. The van der Waals surface area contributed by atoms with E-state index in [0.29, 0.717) is 19.6 Å². The molecule has 2 N–H and O–H groups in total. The molecule has 0 saturated heterocycles. The predicted octanol–water partition coefficient (Wildman–Crippen LogP) is 3.89. The number of rotatable bonds is 9. The number of aromatic nitrogens is 1. The van der Waals surface area contributed by atoms with Gasteiger partial charge in [-0.1, -0.05) is 31.2 Å². The molecule has 1 aliphatic heterocycles. The molecule has 0 aromatic carbocycles. The Morgan fingerprint density at radius 2 is 2.26 bits per heavy atom. The number of hydrogen-bond acceptors (Lipinski definition) is 4. The van der Waals surface area contributed by atoms with Gasteiger partial charge in [0, 0.05) is 32.7 Å². The van der Waals surface area contributed by atoms with Crippen molar-refractivity contribution < 1.29 is 14.3 Å². The summed E-state index contributed by atoms with van der Waals surface area (Å²) in [6, 6.07) is 4.24. The van der Waals surface area contributed by atoms with Gasteiger partial charge in [0.15, 0.2) is 0 Å². The van der Waals surface area contributed by atoms with Crippen molar-refractivity contribution >= 4 is 11.6 Å². The van der Waals surface area contributed by atoms with Crippen LogP contribution < -0.4 is 10.6 Å². The van der Waals surface area contributed by atoms with E-state index in [1.165, 1.54) is 5.69 Å². The lowest BCUT2D eigenvalue weighted by Gasteiger charge is -2.42. The number of carbonyl (C=O) groups is 1. The number of nitrogens with one attached hydrogen (secondary N) is 2. The van der Waals surface area contributed by atoms with Crippen LogP contribution in [0.2, 0.25) is 0 Å². The molecular weight excluding hydrogens is 390 g/mol. The van der Waals surface area contributed by atoms with Crippen molar-refractivity contribution in [1.82, 2.24) is 15.2 Å². The quantitative estimate of drug-likeness (QED) is 0.630. The number of ether oxygens (including phenoxy) is 2. The average Bonchev–Trinajstić information content (AvgIpc) is 3.28. The topological polar surface area (TPSA) is 64.5 Å². The normalized spacial score (nSPS) is 25.3. The molecule has 3 rings (SSSR count). The van der Waals surface area contributed by atoms with Crippen molar-refractivity contribution in [3.63, 3.8) is 0 Å². The van der Waals surface area contributed by atoms with Gasteiger partial charge in [-0.2, -0.15) is 0 Å². The van der Waals surface area contributed by atoms with Crippen molar-refractivity contribution in [2.24, 2.45) is 0 Å². The van der Waals surface area contributed by atoms with Crippen LogP contribution in [0.1, 0.15) is 45.2 Å². The Morgan fingerprint density at radius 1 is 1.42 bits per heavy atom. The molecule has 2 aliphatic rings. The van der Waals surface area contributed by atoms with Gasteiger partial charge < -0.3 is 24.7 Å². The van der Waals surface area contributed by atoms with Crippen molar-refractivity contribution in [3.05, 3.63) is 65.7 Å². The third-order valence-electron chi connectivity index (χ3n) is 6.21. The number of hydrogen-bond donors (Lipinski definition) is 2. The number of fused-ring (bicyclic) bond motifs is 1. The van der Waals surface area contributed by atoms with Crippen LogP contribution in [0.15, 0.2) is 60.0 Å². The maximum absolute atomic E-state index is 12.6. The molecule has 0 saturated carbocycles. The maximum Gasteiger partial charge on any atom is 0.224 e. The second kappa shape index (κ2) is 10.6. The van der Waals surface area contributed by atoms with Gasteiger partial charge in [-0.05, 0) is 50.0 Å². The first-order valence-corrected chi connectivity index (χ1v) is 11.1. The van der Waals surface area contributed by atoms with E-state index in [-0.39, 0.29) is 17.6 Å². The Bertz CT molecular complexity index is 894. The summed E-state index contributed by atoms with van der Waals surface area (Å²) in [4.78, 5) is 12.6. The van der Waals surface area contributed by atoms with E-state index in [2.05, 4.69) is 58.7 Å². The molecule has 6 nitrogen and oxygen atoms in total. The minimum atomic E-state index is -0.259. The highest BCUT2D eigenvalue weighted by Crippen LogP contribution is 2.38. The first-order valence-electron chi connectivity index (χ1n) is 11.1. The summed E-state index contributed by atoms with van der Waals surface area (Å²) in [7, 11) is 3.39. The van der Waals surface area contributed by atoms with Crippen molar-refractivity contribution in [2.75, 3.05) is 27.4 Å². The number of allylic oxidation sites excluding steroid dienone is 4. The Hall–Kier alpha value is -2.57. The third-order valence-corrected chi connectivity index (χ3v) is 6.21. The van der Waals surface area contributed by atoms with Crippen LogP contribution in [0.5, 0.6) is 0 Å². The van der Waals surface area contributed by atoms with Crippen LogP contribution in [0.4, 0.5) is 0 Å². The minimum absolute atomic E-state index is 0.00578. The molecule has 1 aliphatic carbocycles. The number of methoxy groups -OCH3 is 2. The summed E-state index contributed by atoms with van der Waals surface area (Å²) < 4.78 is 13.0. The van der Waals surface area contributed by atoms with Crippen LogP contribution in [0.3, 0.4) is 0 Å². The molecule has 0 bridgehead atoms. The highest BCUT2D eigenvalue weighted by Gasteiger charge is 2.38. The zero-order valence-electron chi connectivity index (χ0n) is 19.1. The van der Waals surface area contributed by atoms with E-state index in [1.54, 1.807) is 14.2 Å². The molecular formula is C25H35N3O3. The average molecular weight is 426 g/mol. The van der Waals surface area contributed by atoms with Gasteiger partial charge in [0.2, 0.25) is 5.91 Å². The number of amides is 1. The van der Waals surface area contributed by atoms with E-state index in [1.807, 2.05) is 19.1 Å². The predicted molar refractivity (Wildman–Crippen MR) is 124 cm³/mol. The SMILES string of the molecule is C/C=C1\C(=C/COC)NC(CC)(CCNC(=O)CC2=CC=CCC2OC)c2cccn21. The summed E-state index contributed by atoms with van der Waals surface area (Å²) in [5, 5.41) is 6.89. The fraction of sp³-hybridized carbons (Fsp3) is 0.480. The van der Waals surface area contributed by atoms with Gasteiger partial charge >= 0.3 is 0 Å². The molecule has 168 valence electrons. The van der Waals surface area contributed by atoms with Crippen molar-refractivity contribution in [1.29, 1.82) is 0 Å². The Labute approximate surface area is 185 Å². The Morgan fingerprint density at radius 3 is 2.97 bits per heavy atom. The van der Waals surface area contributed by atoms with E-state index in [4.69, 9.17) is 9.47 Å². The van der Waals surface area contributed by atoms with Crippen LogP contribution in [-0.4, -0.2) is 43.9 Å². The summed E-state index contributed by atoms with van der Waals surface area (Å²) in [5.74, 6) is 0.0327. The summed E-state index contributed by atoms with van der Waals surface area (Å²) >= 11 is 0. The molecule has 2 heterocycles. The standard InChI is InChI=1S/C25H35N3O3/c1-5-21-20(13-17-30-3)27-25(6-2,23-12-9-16-28(21)23)14-15-26-24(29)18-19-10-7-8-11-22(19)31-4/h5,7-10,12-13,16,22,27H,6,11,14-15,17-18H2,1-4H3,(H,26,29)/b20-13+,21-5+. The van der Waals surface area contributed by atoms with Gasteiger partial charge in [-0.15, -0.1) is 0 Å². The van der Waals surface area contributed by atoms with Gasteiger partial charge in [0.1, 0.15) is 0 Å². The minimum Gasteiger partial charge on any atom is -0.381 e. The molecule has 2 unspecified atom stereocenters.